The second-order valence-electron chi connectivity index (χ2n) is 5.02. The molecule has 2 unspecified atom stereocenters. The summed E-state index contributed by atoms with van der Waals surface area (Å²) in [6.07, 6.45) is -1.11. The van der Waals surface area contributed by atoms with Gasteiger partial charge in [-0.2, -0.15) is 10.5 Å². The van der Waals surface area contributed by atoms with Gasteiger partial charge in [0.05, 0.1) is 11.1 Å². The van der Waals surface area contributed by atoms with Crippen molar-refractivity contribution in [1.29, 1.82) is 10.5 Å². The van der Waals surface area contributed by atoms with Crippen molar-refractivity contribution >= 4 is 0 Å². The lowest BCUT2D eigenvalue weighted by Gasteiger charge is -2.10. The Bertz CT molecular complexity index is 781. The van der Waals surface area contributed by atoms with Crippen molar-refractivity contribution in [3.63, 3.8) is 0 Å². The maximum Gasteiger partial charge on any atom is 0.181 e. The van der Waals surface area contributed by atoms with Gasteiger partial charge in [-0.15, -0.1) is 0 Å². The van der Waals surface area contributed by atoms with E-state index in [9.17, 15) is 0 Å². The monoisotopic (exact) mass is 316 g/mol. The van der Waals surface area contributed by atoms with E-state index in [1.807, 2.05) is 48.5 Å². The standard InChI is InChI=1S/C20H16N2O2/c1-15(13-21)23-19-9-5-3-7-17(19)11-12-18-8-4-6-10-20(18)24-16(2)14-22/h3-10,15-16H,1-2H3. The molecule has 0 aliphatic rings. The first kappa shape index (κ1) is 16.9. The zero-order chi connectivity index (χ0) is 17.4. The van der Waals surface area contributed by atoms with E-state index >= 15 is 0 Å². The van der Waals surface area contributed by atoms with Crippen LogP contribution in [0, 0.1) is 34.5 Å². The van der Waals surface area contributed by atoms with Crippen molar-refractivity contribution in [1.82, 2.24) is 0 Å². The average Bonchev–Trinajstić information content (AvgIpc) is 2.61. The largest absolute Gasteiger partial charge is 0.475 e. The summed E-state index contributed by atoms with van der Waals surface area (Å²) in [6.45, 7) is 3.35. The summed E-state index contributed by atoms with van der Waals surface area (Å²) in [4.78, 5) is 0. The lowest BCUT2D eigenvalue weighted by atomic mass is 10.1. The molecule has 0 fully saturated rings. The molecule has 0 saturated heterocycles. The fraction of sp³-hybridized carbons (Fsp3) is 0.200. The number of nitriles is 2. The van der Waals surface area contributed by atoms with Crippen LogP contribution in [-0.2, 0) is 0 Å². The highest BCUT2D eigenvalue weighted by Gasteiger charge is 2.07. The predicted octanol–water partition coefficient (Wildman–Crippen LogP) is 3.67. The lowest BCUT2D eigenvalue weighted by Crippen LogP contribution is -2.09. The third-order valence-corrected chi connectivity index (χ3v) is 3.08. The van der Waals surface area contributed by atoms with E-state index < -0.39 is 12.2 Å². The topological polar surface area (TPSA) is 66.0 Å². The molecule has 4 heteroatoms. The van der Waals surface area contributed by atoms with Crippen LogP contribution in [0.25, 0.3) is 0 Å². The molecule has 2 aromatic carbocycles. The third kappa shape index (κ3) is 4.54. The van der Waals surface area contributed by atoms with Gasteiger partial charge in [-0.3, -0.25) is 0 Å². The van der Waals surface area contributed by atoms with Gasteiger partial charge in [0.25, 0.3) is 0 Å². The molecule has 2 rings (SSSR count). The van der Waals surface area contributed by atoms with Gasteiger partial charge >= 0.3 is 0 Å². The van der Waals surface area contributed by atoms with Gasteiger partial charge in [-0.05, 0) is 38.1 Å². The summed E-state index contributed by atoms with van der Waals surface area (Å²) in [7, 11) is 0. The van der Waals surface area contributed by atoms with Crippen molar-refractivity contribution in [2.45, 2.75) is 26.1 Å². The van der Waals surface area contributed by atoms with Gasteiger partial charge in [0.15, 0.2) is 12.2 Å². The fourth-order valence-electron chi connectivity index (χ4n) is 1.91. The van der Waals surface area contributed by atoms with Crippen LogP contribution >= 0.6 is 0 Å². The van der Waals surface area contributed by atoms with Gasteiger partial charge < -0.3 is 9.47 Å². The number of ether oxygens (including phenoxy) is 2. The van der Waals surface area contributed by atoms with Crippen LogP contribution in [0.2, 0.25) is 0 Å². The molecule has 0 heterocycles. The minimum Gasteiger partial charge on any atom is -0.475 e. The SMILES string of the molecule is CC(C#N)Oc1ccccc1C#Cc1ccccc1OC(C)C#N. The maximum atomic E-state index is 8.88. The molecule has 0 aliphatic carbocycles. The fourth-order valence-corrected chi connectivity index (χ4v) is 1.91. The number of para-hydroxylation sites is 2. The maximum absolute atomic E-state index is 8.88. The lowest BCUT2D eigenvalue weighted by molar-refractivity contribution is 0.275. The van der Waals surface area contributed by atoms with E-state index in [1.54, 1.807) is 26.0 Å². The second kappa shape index (κ2) is 8.28. The van der Waals surface area contributed by atoms with Gasteiger partial charge in [0, 0.05) is 0 Å². The minimum absolute atomic E-state index is 0.556. The van der Waals surface area contributed by atoms with E-state index in [0.29, 0.717) is 22.6 Å². The molecular weight excluding hydrogens is 300 g/mol. The van der Waals surface area contributed by atoms with Crippen LogP contribution in [0.1, 0.15) is 25.0 Å². The zero-order valence-electron chi connectivity index (χ0n) is 13.5. The Morgan fingerprint density at radius 3 is 1.46 bits per heavy atom. The second-order valence-corrected chi connectivity index (χ2v) is 5.02. The number of rotatable bonds is 4. The molecule has 2 aromatic rings. The Morgan fingerprint density at radius 1 is 0.708 bits per heavy atom. The van der Waals surface area contributed by atoms with Crippen LogP contribution < -0.4 is 9.47 Å². The molecule has 0 aromatic heterocycles. The first-order valence-corrected chi connectivity index (χ1v) is 7.46. The molecule has 4 nitrogen and oxygen atoms in total. The summed E-state index contributed by atoms with van der Waals surface area (Å²) >= 11 is 0. The third-order valence-electron chi connectivity index (χ3n) is 3.08. The van der Waals surface area contributed by atoms with Crippen LogP contribution in [0.4, 0.5) is 0 Å². The average molecular weight is 316 g/mol. The normalized spacial score (nSPS) is 11.8. The highest BCUT2D eigenvalue weighted by atomic mass is 16.5. The molecule has 0 radical (unpaired) electrons. The number of hydrogen-bond donors (Lipinski definition) is 0. The van der Waals surface area contributed by atoms with Gasteiger partial charge in [0.2, 0.25) is 0 Å². The molecular formula is C20H16N2O2. The van der Waals surface area contributed by atoms with Crippen LogP contribution in [0.3, 0.4) is 0 Å². The molecule has 2 atom stereocenters. The highest BCUT2D eigenvalue weighted by molar-refractivity contribution is 5.53. The van der Waals surface area contributed by atoms with Crippen molar-refractivity contribution < 1.29 is 9.47 Å². The smallest absolute Gasteiger partial charge is 0.181 e. The predicted molar refractivity (Wildman–Crippen MR) is 90.3 cm³/mol. The van der Waals surface area contributed by atoms with Gasteiger partial charge in [-0.25, -0.2) is 0 Å². The van der Waals surface area contributed by atoms with Gasteiger partial charge in [-0.1, -0.05) is 36.1 Å². The Morgan fingerprint density at radius 2 is 1.08 bits per heavy atom. The molecule has 118 valence electrons. The number of nitrogens with zero attached hydrogens (tertiary/aromatic N) is 2. The van der Waals surface area contributed by atoms with Crippen molar-refractivity contribution in [2.75, 3.05) is 0 Å². The van der Waals surface area contributed by atoms with E-state index in [2.05, 4.69) is 11.8 Å². The number of benzene rings is 2. The molecule has 24 heavy (non-hydrogen) atoms. The zero-order valence-corrected chi connectivity index (χ0v) is 13.5. The molecule has 0 bridgehead atoms. The van der Waals surface area contributed by atoms with Crippen LogP contribution in [-0.4, -0.2) is 12.2 Å². The quantitative estimate of drug-likeness (QED) is 0.807. The summed E-state index contributed by atoms with van der Waals surface area (Å²) in [5.74, 6) is 7.20. The first-order chi connectivity index (χ1) is 11.6. The molecule has 0 aliphatic heterocycles. The highest BCUT2D eigenvalue weighted by Crippen LogP contribution is 2.21. The van der Waals surface area contributed by atoms with E-state index in [0.717, 1.165) is 0 Å². The minimum atomic E-state index is -0.556. The van der Waals surface area contributed by atoms with Crippen LogP contribution in [0.15, 0.2) is 48.5 Å². The Labute approximate surface area is 141 Å². The summed E-state index contributed by atoms with van der Waals surface area (Å²) in [5.41, 5.74) is 1.37. The molecule has 0 amide bonds. The Kier molecular flexibility index (Phi) is 5.84. The first-order valence-electron chi connectivity index (χ1n) is 7.46. The molecule has 0 spiro atoms. The molecule has 0 saturated carbocycles. The van der Waals surface area contributed by atoms with Gasteiger partial charge in [0.1, 0.15) is 23.6 Å². The number of hydrogen-bond acceptors (Lipinski definition) is 4. The van der Waals surface area contributed by atoms with E-state index in [4.69, 9.17) is 20.0 Å². The summed E-state index contributed by atoms with van der Waals surface area (Å²) in [5, 5.41) is 17.8. The van der Waals surface area contributed by atoms with E-state index in [-0.39, 0.29) is 0 Å². The Balaban J connectivity index is 2.32. The van der Waals surface area contributed by atoms with Crippen molar-refractivity contribution in [3.05, 3.63) is 59.7 Å². The van der Waals surface area contributed by atoms with Crippen LogP contribution in [0.5, 0.6) is 11.5 Å². The summed E-state index contributed by atoms with van der Waals surface area (Å²) in [6, 6.07) is 18.6. The Hall–Kier alpha value is -3.42. The molecule has 0 N–H and O–H groups in total. The van der Waals surface area contributed by atoms with Crippen molar-refractivity contribution in [3.8, 4) is 35.5 Å². The summed E-state index contributed by atoms with van der Waals surface area (Å²) < 4.78 is 11.1. The van der Waals surface area contributed by atoms with Crippen molar-refractivity contribution in [2.24, 2.45) is 0 Å². The van der Waals surface area contributed by atoms with E-state index in [1.165, 1.54) is 0 Å².